The van der Waals surface area contributed by atoms with Crippen molar-refractivity contribution in [3.8, 4) is 0 Å². The Morgan fingerprint density at radius 1 is 1.21 bits per heavy atom. The maximum Gasteiger partial charge on any atom is 0.231 e. The van der Waals surface area contributed by atoms with Crippen LogP contribution in [0.4, 0.5) is 11.9 Å². The third kappa shape index (κ3) is 3.93. The van der Waals surface area contributed by atoms with Crippen LogP contribution in [0.1, 0.15) is 40.0 Å². The highest BCUT2D eigenvalue weighted by Gasteiger charge is 2.19. The van der Waals surface area contributed by atoms with E-state index in [2.05, 4.69) is 45.9 Å². The van der Waals surface area contributed by atoms with Crippen molar-refractivity contribution >= 4 is 23.5 Å². The van der Waals surface area contributed by atoms with E-state index in [0.29, 0.717) is 11.9 Å². The minimum absolute atomic E-state index is 0.215. The van der Waals surface area contributed by atoms with E-state index in [1.165, 1.54) is 12.8 Å². The highest BCUT2D eigenvalue weighted by atomic mass is 35.5. The van der Waals surface area contributed by atoms with Crippen molar-refractivity contribution in [3.63, 3.8) is 0 Å². The number of hydrogen-bond acceptors (Lipinski definition) is 5. The van der Waals surface area contributed by atoms with Crippen molar-refractivity contribution in [2.75, 3.05) is 29.9 Å². The number of halogens is 1. The van der Waals surface area contributed by atoms with Crippen LogP contribution in [0.25, 0.3) is 0 Å². The first kappa shape index (κ1) is 14.3. The monoisotopic (exact) mass is 283 g/mol. The van der Waals surface area contributed by atoms with Crippen molar-refractivity contribution < 1.29 is 0 Å². The lowest BCUT2D eigenvalue weighted by atomic mass is 9.90. The molecule has 5 nitrogen and oxygen atoms in total. The van der Waals surface area contributed by atoms with Gasteiger partial charge in [0.05, 0.1) is 0 Å². The number of aromatic nitrogens is 3. The molecule has 1 aliphatic heterocycles. The lowest BCUT2D eigenvalue weighted by molar-refractivity contribution is 0.376. The maximum absolute atomic E-state index is 5.98. The summed E-state index contributed by atoms with van der Waals surface area (Å²) in [5, 5.41) is 3.53. The molecule has 0 radical (unpaired) electrons. The van der Waals surface area contributed by atoms with Gasteiger partial charge in [-0.15, -0.1) is 0 Å². The van der Waals surface area contributed by atoms with Crippen molar-refractivity contribution in [3.05, 3.63) is 5.28 Å². The number of nitrogens with zero attached hydrogens (tertiary/aromatic N) is 4. The van der Waals surface area contributed by atoms with E-state index in [9.17, 15) is 0 Å². The molecule has 0 spiro atoms. The molecule has 0 amide bonds. The van der Waals surface area contributed by atoms with Crippen LogP contribution in [-0.2, 0) is 0 Å². The normalized spacial score (nSPS) is 15.9. The number of hydrogen-bond donors (Lipinski definition) is 1. The summed E-state index contributed by atoms with van der Waals surface area (Å²) < 4.78 is 0. The highest BCUT2D eigenvalue weighted by Crippen LogP contribution is 2.22. The lowest BCUT2D eigenvalue weighted by Gasteiger charge is -2.23. The van der Waals surface area contributed by atoms with E-state index in [1.54, 1.807) is 0 Å². The van der Waals surface area contributed by atoms with Gasteiger partial charge < -0.3 is 10.2 Å². The Kier molecular flexibility index (Phi) is 4.45. The van der Waals surface area contributed by atoms with Crippen LogP contribution >= 0.6 is 11.6 Å². The van der Waals surface area contributed by atoms with E-state index in [1.807, 2.05) is 0 Å². The average molecular weight is 284 g/mol. The number of rotatable bonds is 5. The van der Waals surface area contributed by atoms with Crippen LogP contribution in [0.3, 0.4) is 0 Å². The molecular weight excluding hydrogens is 262 g/mol. The van der Waals surface area contributed by atoms with E-state index >= 15 is 0 Å². The third-order valence-electron chi connectivity index (χ3n) is 3.67. The van der Waals surface area contributed by atoms with Gasteiger partial charge in [-0.2, -0.15) is 15.0 Å². The van der Waals surface area contributed by atoms with Crippen LogP contribution in [0.2, 0.25) is 5.28 Å². The summed E-state index contributed by atoms with van der Waals surface area (Å²) in [6, 6.07) is 0. The Hall–Kier alpha value is -1.10. The highest BCUT2D eigenvalue weighted by molar-refractivity contribution is 6.28. The van der Waals surface area contributed by atoms with E-state index in [-0.39, 0.29) is 10.7 Å². The summed E-state index contributed by atoms with van der Waals surface area (Å²) in [6.07, 6.45) is 3.47. The average Bonchev–Trinajstić information content (AvgIpc) is 2.90. The van der Waals surface area contributed by atoms with Gasteiger partial charge in [-0.25, -0.2) is 0 Å². The summed E-state index contributed by atoms with van der Waals surface area (Å²) in [5.41, 5.74) is 0.215. The van der Waals surface area contributed by atoms with Crippen LogP contribution in [-0.4, -0.2) is 34.6 Å². The van der Waals surface area contributed by atoms with Crippen LogP contribution in [0.15, 0.2) is 0 Å². The first-order valence-electron chi connectivity index (χ1n) is 6.90. The summed E-state index contributed by atoms with van der Waals surface area (Å²) >= 11 is 5.98. The molecule has 0 atom stereocenters. The molecule has 1 aromatic heterocycles. The van der Waals surface area contributed by atoms with Crippen LogP contribution in [0, 0.1) is 5.41 Å². The molecule has 1 N–H and O–H groups in total. The van der Waals surface area contributed by atoms with Gasteiger partial charge in [-0.1, -0.05) is 20.8 Å². The van der Waals surface area contributed by atoms with Gasteiger partial charge in [0.15, 0.2) is 0 Å². The molecule has 2 heterocycles. The van der Waals surface area contributed by atoms with E-state index in [4.69, 9.17) is 11.6 Å². The summed E-state index contributed by atoms with van der Waals surface area (Å²) in [7, 11) is 0. The van der Waals surface area contributed by atoms with Gasteiger partial charge in [-0.3, -0.25) is 0 Å². The van der Waals surface area contributed by atoms with Gasteiger partial charge in [0, 0.05) is 19.6 Å². The van der Waals surface area contributed by atoms with E-state index < -0.39 is 0 Å². The predicted octanol–water partition coefficient (Wildman–Crippen LogP) is 2.97. The van der Waals surface area contributed by atoms with Gasteiger partial charge in [-0.05, 0) is 36.3 Å². The zero-order valence-electron chi connectivity index (χ0n) is 11.9. The Labute approximate surface area is 119 Å². The quantitative estimate of drug-likeness (QED) is 0.900. The summed E-state index contributed by atoms with van der Waals surface area (Å²) in [6.45, 7) is 9.43. The molecule has 0 aliphatic carbocycles. The Morgan fingerprint density at radius 3 is 2.53 bits per heavy atom. The Bertz CT molecular complexity index is 429. The molecule has 2 rings (SSSR count). The maximum atomic E-state index is 5.98. The Balaban J connectivity index is 2.08. The van der Waals surface area contributed by atoms with E-state index in [0.717, 1.165) is 26.1 Å². The number of anilines is 2. The van der Waals surface area contributed by atoms with Gasteiger partial charge in [0.25, 0.3) is 0 Å². The molecule has 19 heavy (non-hydrogen) atoms. The molecule has 0 bridgehead atoms. The summed E-state index contributed by atoms with van der Waals surface area (Å²) in [5.74, 6) is 1.26. The molecule has 6 heteroatoms. The molecule has 0 aromatic carbocycles. The fraction of sp³-hybridized carbons (Fsp3) is 0.769. The van der Waals surface area contributed by atoms with Crippen LogP contribution in [0.5, 0.6) is 0 Å². The summed E-state index contributed by atoms with van der Waals surface area (Å²) in [4.78, 5) is 15.0. The molecule has 0 unspecified atom stereocenters. The largest absolute Gasteiger partial charge is 0.354 e. The van der Waals surface area contributed by atoms with Crippen molar-refractivity contribution in [2.24, 2.45) is 5.41 Å². The van der Waals surface area contributed by atoms with Crippen LogP contribution < -0.4 is 10.2 Å². The molecule has 106 valence electrons. The van der Waals surface area contributed by atoms with Gasteiger partial charge in [0.1, 0.15) is 0 Å². The second-order valence-corrected chi connectivity index (χ2v) is 6.13. The fourth-order valence-corrected chi connectivity index (χ4v) is 2.08. The standard InChI is InChI=1S/C13H22ClN5/c1-4-13(2,3)9-15-11-16-10(14)17-12(18-11)19-7-5-6-8-19/h4-9H2,1-3H3,(H,15,16,17,18). The topological polar surface area (TPSA) is 53.9 Å². The smallest absolute Gasteiger partial charge is 0.231 e. The first-order chi connectivity index (χ1) is 9.00. The zero-order chi connectivity index (χ0) is 13.9. The second-order valence-electron chi connectivity index (χ2n) is 5.79. The molecule has 1 aromatic rings. The number of nitrogens with one attached hydrogen (secondary N) is 1. The minimum Gasteiger partial charge on any atom is -0.354 e. The first-order valence-corrected chi connectivity index (χ1v) is 7.28. The molecule has 1 saturated heterocycles. The second kappa shape index (κ2) is 5.90. The predicted molar refractivity (Wildman–Crippen MR) is 78.8 cm³/mol. The van der Waals surface area contributed by atoms with Crippen molar-refractivity contribution in [2.45, 2.75) is 40.0 Å². The molecule has 1 aliphatic rings. The van der Waals surface area contributed by atoms with Gasteiger partial charge in [0.2, 0.25) is 17.2 Å². The molecule has 1 fully saturated rings. The third-order valence-corrected chi connectivity index (χ3v) is 3.84. The molecular formula is C13H22ClN5. The SMILES string of the molecule is CCC(C)(C)CNc1nc(Cl)nc(N2CCCC2)n1. The fourth-order valence-electron chi connectivity index (χ4n) is 1.92. The zero-order valence-corrected chi connectivity index (χ0v) is 12.7. The van der Waals surface area contributed by atoms with Crippen molar-refractivity contribution in [1.29, 1.82) is 0 Å². The lowest BCUT2D eigenvalue weighted by Crippen LogP contribution is -2.25. The van der Waals surface area contributed by atoms with Crippen molar-refractivity contribution in [1.82, 2.24) is 15.0 Å². The molecule has 0 saturated carbocycles. The Morgan fingerprint density at radius 2 is 1.89 bits per heavy atom. The van der Waals surface area contributed by atoms with Gasteiger partial charge >= 0.3 is 0 Å². The minimum atomic E-state index is 0.215.